The van der Waals surface area contributed by atoms with Gasteiger partial charge < -0.3 is 18.8 Å². The topological polar surface area (TPSA) is 86.2 Å². The highest BCUT2D eigenvalue weighted by Gasteiger charge is 2.35. The Bertz CT molecular complexity index is 1190. The molecule has 3 aromatic heterocycles. The van der Waals surface area contributed by atoms with Crippen LogP contribution in [0.25, 0.3) is 33.4 Å². The van der Waals surface area contributed by atoms with Crippen LogP contribution in [0.4, 0.5) is 0 Å². The van der Waals surface area contributed by atoms with E-state index in [-0.39, 0.29) is 17.2 Å². The summed E-state index contributed by atoms with van der Waals surface area (Å²) in [7, 11) is 0. The van der Waals surface area contributed by atoms with E-state index in [9.17, 15) is 5.11 Å². The average molecular weight is 378 g/mol. The third kappa shape index (κ3) is 2.50. The molecule has 1 aliphatic rings. The number of aromatic nitrogens is 4. The van der Waals surface area contributed by atoms with E-state index in [1.54, 1.807) is 12.3 Å². The molecule has 144 valence electrons. The molecule has 1 aromatic carbocycles. The van der Waals surface area contributed by atoms with Crippen molar-refractivity contribution in [2.75, 3.05) is 13.2 Å². The molecule has 5 rings (SSSR count). The molecule has 1 N–H and O–H groups in total. The van der Waals surface area contributed by atoms with Crippen LogP contribution >= 0.6 is 0 Å². The van der Waals surface area contributed by atoms with Crippen molar-refractivity contribution in [3.8, 4) is 17.0 Å². The maximum atomic E-state index is 10.8. The number of imidazole rings is 1. The third-order valence-corrected chi connectivity index (χ3v) is 5.75. The van der Waals surface area contributed by atoms with Gasteiger partial charge in [0.25, 0.3) is 0 Å². The van der Waals surface area contributed by atoms with Crippen molar-refractivity contribution in [1.82, 2.24) is 19.7 Å². The number of aryl methyl sites for hydroxylation is 1. The predicted molar refractivity (Wildman–Crippen MR) is 105 cm³/mol. The second-order valence-corrected chi connectivity index (χ2v) is 8.19. The number of aromatic hydroxyl groups is 1. The highest BCUT2D eigenvalue weighted by atomic mass is 16.5. The van der Waals surface area contributed by atoms with Crippen molar-refractivity contribution in [2.24, 2.45) is 5.41 Å². The Balaban J connectivity index is 1.63. The fraction of sp³-hybridized carbons (Fsp3) is 0.381. The molecule has 0 amide bonds. The molecular weight excluding hydrogens is 356 g/mol. The minimum atomic E-state index is -0.00654. The fourth-order valence-electron chi connectivity index (χ4n) is 4.26. The van der Waals surface area contributed by atoms with Crippen LogP contribution in [0.1, 0.15) is 31.9 Å². The highest BCUT2D eigenvalue weighted by Crippen LogP contribution is 2.41. The van der Waals surface area contributed by atoms with Crippen LogP contribution in [0.2, 0.25) is 0 Å². The number of ether oxygens (including phenoxy) is 1. The molecule has 0 spiro atoms. The van der Waals surface area contributed by atoms with Gasteiger partial charge in [-0.3, -0.25) is 0 Å². The summed E-state index contributed by atoms with van der Waals surface area (Å²) in [5.74, 6) is 0.155. The standard InChI is InChI=1S/C21H22N4O3/c1-12-8-16-13(4-7-28-16)19(26)18(12)14-9-15-20(24-23-14)25(11-22-15)17-5-6-27-10-21(17,2)3/h4,7-9,11,17,26H,5-6,10H2,1-3H3. The molecule has 0 bridgehead atoms. The van der Waals surface area contributed by atoms with Crippen LogP contribution in [0.5, 0.6) is 5.75 Å². The van der Waals surface area contributed by atoms with Gasteiger partial charge in [0.05, 0.1) is 30.3 Å². The largest absolute Gasteiger partial charge is 0.506 e. The van der Waals surface area contributed by atoms with E-state index in [1.807, 2.05) is 25.4 Å². The fourth-order valence-corrected chi connectivity index (χ4v) is 4.26. The van der Waals surface area contributed by atoms with Gasteiger partial charge in [-0.05, 0) is 37.1 Å². The number of fused-ring (bicyclic) bond motifs is 2. The molecule has 0 aliphatic carbocycles. The van der Waals surface area contributed by atoms with E-state index in [1.165, 1.54) is 0 Å². The van der Waals surface area contributed by atoms with E-state index in [0.29, 0.717) is 28.8 Å². The first-order chi connectivity index (χ1) is 13.5. The monoisotopic (exact) mass is 378 g/mol. The summed E-state index contributed by atoms with van der Waals surface area (Å²) in [4.78, 5) is 4.58. The predicted octanol–water partition coefficient (Wildman–Crippen LogP) is 4.24. The molecule has 0 saturated carbocycles. The van der Waals surface area contributed by atoms with E-state index in [4.69, 9.17) is 9.15 Å². The lowest BCUT2D eigenvalue weighted by Gasteiger charge is -2.38. The number of rotatable bonds is 2. The molecular formula is C21H22N4O3. The van der Waals surface area contributed by atoms with Crippen LogP contribution in [0.15, 0.2) is 35.2 Å². The summed E-state index contributed by atoms with van der Waals surface area (Å²) < 4.78 is 13.2. The highest BCUT2D eigenvalue weighted by molar-refractivity contribution is 5.93. The first-order valence-electron chi connectivity index (χ1n) is 9.44. The zero-order valence-electron chi connectivity index (χ0n) is 16.1. The minimum absolute atomic E-state index is 0.00654. The van der Waals surface area contributed by atoms with Crippen molar-refractivity contribution < 1.29 is 14.3 Å². The number of hydrogen-bond acceptors (Lipinski definition) is 6. The normalized spacial score (nSPS) is 19.5. The number of hydrogen-bond donors (Lipinski definition) is 1. The Labute approximate surface area is 162 Å². The molecule has 1 fully saturated rings. The summed E-state index contributed by atoms with van der Waals surface area (Å²) >= 11 is 0. The Kier molecular flexibility index (Phi) is 3.71. The molecule has 0 radical (unpaired) electrons. The van der Waals surface area contributed by atoms with Gasteiger partial charge >= 0.3 is 0 Å². The Morgan fingerprint density at radius 3 is 2.93 bits per heavy atom. The van der Waals surface area contributed by atoms with Gasteiger partial charge in [-0.1, -0.05) is 13.8 Å². The van der Waals surface area contributed by atoms with E-state index >= 15 is 0 Å². The van der Waals surface area contributed by atoms with Crippen molar-refractivity contribution in [2.45, 2.75) is 33.2 Å². The molecule has 7 heteroatoms. The number of phenolic OH excluding ortho intramolecular Hbond substituents is 1. The Hall–Kier alpha value is -2.93. The molecule has 4 heterocycles. The Morgan fingerprint density at radius 2 is 2.11 bits per heavy atom. The van der Waals surface area contributed by atoms with Gasteiger partial charge in [0, 0.05) is 23.6 Å². The zero-order valence-corrected chi connectivity index (χ0v) is 16.1. The summed E-state index contributed by atoms with van der Waals surface area (Å²) in [6.45, 7) is 7.77. The van der Waals surface area contributed by atoms with Crippen LogP contribution in [-0.4, -0.2) is 38.1 Å². The van der Waals surface area contributed by atoms with Gasteiger partial charge in [-0.2, -0.15) is 0 Å². The van der Waals surface area contributed by atoms with Gasteiger partial charge in [0.2, 0.25) is 0 Å². The Morgan fingerprint density at radius 1 is 1.25 bits per heavy atom. The average Bonchev–Trinajstić information content (AvgIpc) is 3.28. The lowest BCUT2D eigenvalue weighted by molar-refractivity contribution is -0.0245. The van der Waals surface area contributed by atoms with E-state index in [2.05, 4.69) is 33.6 Å². The third-order valence-electron chi connectivity index (χ3n) is 5.75. The summed E-state index contributed by atoms with van der Waals surface area (Å²) in [6, 6.07) is 5.80. The van der Waals surface area contributed by atoms with Crippen LogP contribution < -0.4 is 0 Å². The first kappa shape index (κ1) is 17.2. The lowest BCUT2D eigenvalue weighted by Crippen LogP contribution is -2.36. The molecule has 1 saturated heterocycles. The number of benzene rings is 1. The number of furan rings is 1. The summed E-state index contributed by atoms with van der Waals surface area (Å²) in [6.07, 6.45) is 4.32. The van der Waals surface area contributed by atoms with Crippen LogP contribution in [-0.2, 0) is 4.74 Å². The van der Waals surface area contributed by atoms with Crippen molar-refractivity contribution in [3.63, 3.8) is 0 Å². The van der Waals surface area contributed by atoms with Crippen LogP contribution in [0.3, 0.4) is 0 Å². The van der Waals surface area contributed by atoms with Crippen LogP contribution in [0, 0.1) is 12.3 Å². The van der Waals surface area contributed by atoms with E-state index < -0.39 is 0 Å². The quantitative estimate of drug-likeness (QED) is 0.561. The van der Waals surface area contributed by atoms with Gasteiger partial charge in [-0.25, -0.2) is 4.98 Å². The summed E-state index contributed by atoms with van der Waals surface area (Å²) in [5.41, 5.74) is 4.29. The molecule has 7 nitrogen and oxygen atoms in total. The van der Waals surface area contributed by atoms with Gasteiger partial charge in [0.15, 0.2) is 5.65 Å². The lowest BCUT2D eigenvalue weighted by atomic mass is 9.82. The second kappa shape index (κ2) is 6.04. The maximum absolute atomic E-state index is 10.8. The van der Waals surface area contributed by atoms with Crippen molar-refractivity contribution in [3.05, 3.63) is 36.4 Å². The molecule has 4 aromatic rings. The molecule has 1 unspecified atom stereocenters. The summed E-state index contributed by atoms with van der Waals surface area (Å²) in [5, 5.41) is 20.3. The second-order valence-electron chi connectivity index (χ2n) is 8.19. The smallest absolute Gasteiger partial charge is 0.182 e. The van der Waals surface area contributed by atoms with Gasteiger partial charge in [0.1, 0.15) is 16.8 Å². The number of phenols is 1. The molecule has 1 aliphatic heterocycles. The maximum Gasteiger partial charge on any atom is 0.182 e. The zero-order chi connectivity index (χ0) is 19.5. The first-order valence-corrected chi connectivity index (χ1v) is 9.44. The molecule has 1 atom stereocenters. The van der Waals surface area contributed by atoms with Crippen molar-refractivity contribution in [1.29, 1.82) is 0 Å². The molecule has 28 heavy (non-hydrogen) atoms. The van der Waals surface area contributed by atoms with Gasteiger partial charge in [-0.15, -0.1) is 10.2 Å². The number of nitrogens with zero attached hydrogens (tertiary/aromatic N) is 4. The van der Waals surface area contributed by atoms with Crippen molar-refractivity contribution >= 4 is 22.1 Å². The minimum Gasteiger partial charge on any atom is -0.506 e. The van der Waals surface area contributed by atoms with E-state index in [0.717, 1.165) is 29.8 Å². The SMILES string of the molecule is Cc1cc2occc2c(O)c1-c1cc2ncn(C3CCOCC3(C)C)c2nn1.